The van der Waals surface area contributed by atoms with Gasteiger partial charge in [0.25, 0.3) is 5.91 Å². The molecule has 0 aliphatic carbocycles. The van der Waals surface area contributed by atoms with Crippen molar-refractivity contribution in [2.75, 3.05) is 5.32 Å². The van der Waals surface area contributed by atoms with Crippen molar-refractivity contribution in [1.82, 2.24) is 34.2 Å². The van der Waals surface area contributed by atoms with E-state index in [1.807, 2.05) is 54.5 Å². The lowest BCUT2D eigenvalue weighted by Crippen LogP contribution is -2.14. The molecule has 0 atom stereocenters. The number of nitrogens with one attached hydrogen (secondary N) is 1. The Bertz CT molecular complexity index is 1560. The van der Waals surface area contributed by atoms with Crippen molar-refractivity contribution in [3.8, 4) is 11.4 Å². The average molecular weight is 533 g/mol. The fraction of sp³-hybridized carbons (Fsp3) is 0.240. The fourth-order valence-corrected chi connectivity index (χ4v) is 4.60. The molecule has 0 bridgehead atoms. The van der Waals surface area contributed by atoms with Crippen molar-refractivity contribution in [2.45, 2.75) is 40.8 Å². The topological polar surface area (TPSA) is 94.9 Å². The van der Waals surface area contributed by atoms with E-state index in [-0.39, 0.29) is 11.6 Å². The molecule has 0 saturated heterocycles. The Morgan fingerprint density at radius 2 is 1.89 bits per heavy atom. The van der Waals surface area contributed by atoms with Gasteiger partial charge in [0.05, 0.1) is 33.8 Å². The molecule has 5 rings (SSSR count). The molecule has 4 aromatic heterocycles. The van der Waals surface area contributed by atoms with Gasteiger partial charge in [-0.2, -0.15) is 15.3 Å². The summed E-state index contributed by atoms with van der Waals surface area (Å²) in [6, 6.07) is 11.7. The Balaban J connectivity index is 1.44. The highest BCUT2D eigenvalue weighted by Crippen LogP contribution is 2.27. The van der Waals surface area contributed by atoms with Crippen LogP contribution in [0.25, 0.3) is 17.0 Å². The molecule has 4 heterocycles. The molecular formula is C25H25BrN8O. The first-order valence-corrected chi connectivity index (χ1v) is 12.1. The van der Waals surface area contributed by atoms with Crippen LogP contribution < -0.4 is 5.32 Å². The van der Waals surface area contributed by atoms with Crippen molar-refractivity contribution >= 4 is 33.2 Å². The number of aromatic nitrogens is 7. The minimum atomic E-state index is -0.318. The molecule has 10 heteroatoms. The van der Waals surface area contributed by atoms with Gasteiger partial charge in [-0.1, -0.05) is 24.3 Å². The summed E-state index contributed by atoms with van der Waals surface area (Å²) in [5.74, 6) is -0.318. The van der Waals surface area contributed by atoms with Gasteiger partial charge >= 0.3 is 0 Å². The summed E-state index contributed by atoms with van der Waals surface area (Å²) < 4.78 is 6.24. The summed E-state index contributed by atoms with van der Waals surface area (Å²) in [6.45, 7) is 9.34. The van der Waals surface area contributed by atoms with Gasteiger partial charge in [0.1, 0.15) is 5.69 Å². The quantitative estimate of drug-likeness (QED) is 0.339. The summed E-state index contributed by atoms with van der Waals surface area (Å²) in [7, 11) is 0. The number of halogens is 1. The van der Waals surface area contributed by atoms with Crippen molar-refractivity contribution in [3.63, 3.8) is 0 Å². The molecule has 0 aliphatic rings. The van der Waals surface area contributed by atoms with Crippen LogP contribution in [0.2, 0.25) is 0 Å². The minimum Gasteiger partial charge on any atom is -0.317 e. The lowest BCUT2D eigenvalue weighted by Gasteiger charge is -2.08. The Kier molecular flexibility index (Phi) is 5.98. The largest absolute Gasteiger partial charge is 0.317 e. The molecule has 5 aromatic rings. The molecule has 9 nitrogen and oxygen atoms in total. The van der Waals surface area contributed by atoms with E-state index in [1.165, 1.54) is 11.1 Å². The number of hydrogen-bond acceptors (Lipinski definition) is 5. The van der Waals surface area contributed by atoms with E-state index < -0.39 is 0 Å². The molecule has 35 heavy (non-hydrogen) atoms. The number of hydrogen-bond donors (Lipinski definition) is 1. The van der Waals surface area contributed by atoms with Crippen molar-refractivity contribution in [3.05, 3.63) is 81.5 Å². The van der Waals surface area contributed by atoms with Gasteiger partial charge in [0.15, 0.2) is 11.3 Å². The normalized spacial score (nSPS) is 11.3. The molecule has 1 amide bonds. The van der Waals surface area contributed by atoms with Crippen molar-refractivity contribution in [2.24, 2.45) is 0 Å². The van der Waals surface area contributed by atoms with Gasteiger partial charge in [-0.05, 0) is 60.8 Å². The standard InChI is InChI=1S/C25H25BrN8O/c1-5-32-14-19(26)24(31-32)21-10-11-27-22-12-20(30-34(21)22)25(35)28-23-16(3)29-33(17(23)4)13-18-9-7-6-8-15(18)2/h6-12,14H,5,13H2,1-4H3,(H,28,35). The molecule has 0 unspecified atom stereocenters. The number of amides is 1. The second-order valence-electron chi connectivity index (χ2n) is 8.40. The van der Waals surface area contributed by atoms with E-state index in [9.17, 15) is 4.79 Å². The molecule has 0 spiro atoms. The number of aryl methyl sites for hydroxylation is 3. The highest BCUT2D eigenvalue weighted by atomic mass is 79.9. The van der Waals surface area contributed by atoms with Crippen LogP contribution in [0.15, 0.2) is 53.3 Å². The summed E-state index contributed by atoms with van der Waals surface area (Å²) in [5.41, 5.74) is 7.02. The zero-order valence-corrected chi connectivity index (χ0v) is 21.5. The maximum atomic E-state index is 13.2. The zero-order chi connectivity index (χ0) is 24.7. The van der Waals surface area contributed by atoms with Gasteiger partial charge in [0.2, 0.25) is 0 Å². The fourth-order valence-electron chi connectivity index (χ4n) is 4.08. The Morgan fingerprint density at radius 1 is 1.09 bits per heavy atom. The summed E-state index contributed by atoms with van der Waals surface area (Å²) in [4.78, 5) is 17.6. The van der Waals surface area contributed by atoms with E-state index >= 15 is 0 Å². The number of benzene rings is 1. The smallest absolute Gasteiger partial charge is 0.276 e. The van der Waals surface area contributed by atoms with Gasteiger partial charge in [-0.15, -0.1) is 0 Å². The van der Waals surface area contributed by atoms with E-state index in [2.05, 4.69) is 60.6 Å². The molecule has 0 saturated carbocycles. The van der Waals surface area contributed by atoms with E-state index in [4.69, 9.17) is 0 Å². The first kappa shape index (κ1) is 23.0. The van der Waals surface area contributed by atoms with Crippen LogP contribution in [-0.4, -0.2) is 40.1 Å². The zero-order valence-electron chi connectivity index (χ0n) is 19.9. The van der Waals surface area contributed by atoms with Crippen LogP contribution in [0.1, 0.15) is 39.9 Å². The first-order chi connectivity index (χ1) is 16.9. The van der Waals surface area contributed by atoms with Crippen LogP contribution in [0, 0.1) is 20.8 Å². The number of carbonyl (C=O) groups is 1. The first-order valence-electron chi connectivity index (χ1n) is 11.3. The van der Waals surface area contributed by atoms with Crippen LogP contribution in [0.5, 0.6) is 0 Å². The lowest BCUT2D eigenvalue weighted by atomic mass is 10.1. The highest BCUT2D eigenvalue weighted by molar-refractivity contribution is 9.10. The second-order valence-corrected chi connectivity index (χ2v) is 9.25. The number of carbonyl (C=O) groups excluding carboxylic acids is 1. The molecule has 178 valence electrons. The maximum Gasteiger partial charge on any atom is 0.276 e. The third kappa shape index (κ3) is 4.25. The number of nitrogens with zero attached hydrogens (tertiary/aromatic N) is 7. The van der Waals surface area contributed by atoms with Crippen LogP contribution >= 0.6 is 15.9 Å². The summed E-state index contributed by atoms with van der Waals surface area (Å²) in [6.07, 6.45) is 3.61. The average Bonchev–Trinajstić information content (AvgIpc) is 3.52. The highest BCUT2D eigenvalue weighted by Gasteiger charge is 2.20. The van der Waals surface area contributed by atoms with E-state index in [0.717, 1.165) is 33.8 Å². The van der Waals surface area contributed by atoms with E-state index in [0.29, 0.717) is 17.9 Å². The van der Waals surface area contributed by atoms with Gasteiger partial charge in [-0.25, -0.2) is 9.50 Å². The van der Waals surface area contributed by atoms with Crippen molar-refractivity contribution < 1.29 is 4.79 Å². The summed E-state index contributed by atoms with van der Waals surface area (Å²) >= 11 is 3.57. The molecule has 0 fully saturated rings. The van der Waals surface area contributed by atoms with Gasteiger partial charge in [0, 0.05) is 25.0 Å². The van der Waals surface area contributed by atoms with Gasteiger partial charge < -0.3 is 5.32 Å². The Hall–Kier alpha value is -3.79. The predicted molar refractivity (Wildman–Crippen MR) is 138 cm³/mol. The van der Waals surface area contributed by atoms with Crippen LogP contribution in [0.3, 0.4) is 0 Å². The predicted octanol–water partition coefficient (Wildman–Crippen LogP) is 4.80. The number of rotatable bonds is 6. The molecule has 1 aromatic carbocycles. The summed E-state index contributed by atoms with van der Waals surface area (Å²) in [5, 5.41) is 16.8. The third-order valence-corrected chi connectivity index (χ3v) is 6.66. The van der Waals surface area contributed by atoms with Crippen LogP contribution in [-0.2, 0) is 13.1 Å². The van der Waals surface area contributed by atoms with Crippen LogP contribution in [0.4, 0.5) is 5.69 Å². The Morgan fingerprint density at radius 3 is 2.63 bits per heavy atom. The number of fused-ring (bicyclic) bond motifs is 1. The minimum absolute atomic E-state index is 0.265. The Labute approximate surface area is 210 Å². The van der Waals surface area contributed by atoms with Gasteiger partial charge in [-0.3, -0.25) is 14.2 Å². The molecule has 1 N–H and O–H groups in total. The monoisotopic (exact) mass is 532 g/mol. The molecule has 0 radical (unpaired) electrons. The molecular weight excluding hydrogens is 508 g/mol. The second kappa shape index (κ2) is 9.10. The SMILES string of the molecule is CCn1cc(Br)c(-c2ccnc3cc(C(=O)Nc4c(C)nn(Cc5ccccc5C)c4C)nn23)n1. The van der Waals surface area contributed by atoms with Crippen molar-refractivity contribution in [1.29, 1.82) is 0 Å². The molecule has 0 aliphatic heterocycles. The van der Waals surface area contributed by atoms with E-state index in [1.54, 1.807) is 16.8 Å². The lowest BCUT2D eigenvalue weighted by molar-refractivity contribution is 0.102. The third-order valence-electron chi connectivity index (χ3n) is 6.08. The number of anilines is 1. The maximum absolute atomic E-state index is 13.2.